The summed E-state index contributed by atoms with van der Waals surface area (Å²) in [5, 5.41) is 3.58. The number of ether oxygens (including phenoxy) is 1. The number of imidazole rings is 1. The Morgan fingerprint density at radius 3 is 2.75 bits per heavy atom. The van der Waals surface area contributed by atoms with Gasteiger partial charge in [0.15, 0.2) is 0 Å². The van der Waals surface area contributed by atoms with Crippen LogP contribution in [0.4, 0.5) is 0 Å². The number of nitrogens with one attached hydrogen (secondary N) is 1. The molecule has 0 aliphatic carbocycles. The van der Waals surface area contributed by atoms with Crippen molar-refractivity contribution in [1.82, 2.24) is 14.9 Å². The smallest absolute Gasteiger partial charge is 0.106 e. The Hall–Kier alpha value is -1.39. The van der Waals surface area contributed by atoms with Gasteiger partial charge < -0.3 is 14.6 Å². The summed E-state index contributed by atoms with van der Waals surface area (Å²) < 4.78 is 7.54. The number of para-hydroxylation sites is 2. The van der Waals surface area contributed by atoms with Crippen LogP contribution >= 0.6 is 0 Å². The number of rotatable bonds is 7. The minimum atomic E-state index is 0.398. The molecule has 20 heavy (non-hydrogen) atoms. The molecule has 1 N–H and O–H groups in total. The normalized spacial score (nSPS) is 13.2. The molecule has 1 aromatic heterocycles. The van der Waals surface area contributed by atoms with Gasteiger partial charge in [0, 0.05) is 26.2 Å². The highest BCUT2D eigenvalue weighted by Crippen LogP contribution is 2.14. The zero-order valence-corrected chi connectivity index (χ0v) is 12.9. The fourth-order valence-corrected chi connectivity index (χ4v) is 2.51. The van der Waals surface area contributed by atoms with Crippen molar-refractivity contribution in [2.45, 2.75) is 33.4 Å². The van der Waals surface area contributed by atoms with Crippen molar-refractivity contribution in [1.29, 1.82) is 0 Å². The van der Waals surface area contributed by atoms with Crippen LogP contribution in [0.1, 0.15) is 19.7 Å². The maximum atomic E-state index is 5.27. The SMILES string of the molecule is COCC(NCCn1c(C)nc2ccccc21)C(C)C. The third-order valence-corrected chi connectivity index (χ3v) is 3.74. The van der Waals surface area contributed by atoms with Gasteiger partial charge in [-0.3, -0.25) is 0 Å². The molecule has 1 atom stereocenters. The van der Waals surface area contributed by atoms with Gasteiger partial charge in [-0.15, -0.1) is 0 Å². The predicted molar refractivity (Wildman–Crippen MR) is 83.0 cm³/mol. The molecule has 0 aliphatic heterocycles. The molecule has 4 nitrogen and oxygen atoms in total. The lowest BCUT2D eigenvalue weighted by Crippen LogP contribution is -2.39. The van der Waals surface area contributed by atoms with Gasteiger partial charge in [0.25, 0.3) is 0 Å². The number of hydrogen-bond acceptors (Lipinski definition) is 3. The Kier molecular flexibility index (Phi) is 5.15. The molecule has 0 fully saturated rings. The molecule has 1 aromatic carbocycles. The van der Waals surface area contributed by atoms with Gasteiger partial charge in [0.2, 0.25) is 0 Å². The number of aryl methyl sites for hydroxylation is 1. The zero-order chi connectivity index (χ0) is 14.5. The van der Waals surface area contributed by atoms with E-state index in [2.05, 4.69) is 53.8 Å². The van der Waals surface area contributed by atoms with Crippen molar-refractivity contribution >= 4 is 11.0 Å². The summed E-state index contributed by atoms with van der Waals surface area (Å²) in [6.45, 7) is 9.10. The molecule has 2 aromatic rings. The molecule has 0 saturated heterocycles. The van der Waals surface area contributed by atoms with E-state index in [0.717, 1.165) is 31.0 Å². The second kappa shape index (κ2) is 6.86. The van der Waals surface area contributed by atoms with Crippen LogP contribution in [0.2, 0.25) is 0 Å². The monoisotopic (exact) mass is 275 g/mol. The van der Waals surface area contributed by atoms with Gasteiger partial charge in [-0.2, -0.15) is 0 Å². The van der Waals surface area contributed by atoms with Crippen molar-refractivity contribution in [3.63, 3.8) is 0 Å². The molecule has 1 unspecified atom stereocenters. The molecule has 1 heterocycles. The Morgan fingerprint density at radius 1 is 1.30 bits per heavy atom. The highest BCUT2D eigenvalue weighted by atomic mass is 16.5. The Bertz CT molecular complexity index is 548. The molecule has 0 spiro atoms. The average Bonchev–Trinajstić information content (AvgIpc) is 2.74. The first-order valence-corrected chi connectivity index (χ1v) is 7.27. The Morgan fingerprint density at radius 2 is 2.05 bits per heavy atom. The lowest BCUT2D eigenvalue weighted by molar-refractivity contribution is 0.147. The summed E-state index contributed by atoms with van der Waals surface area (Å²) in [6, 6.07) is 8.69. The molecule has 0 radical (unpaired) electrons. The van der Waals surface area contributed by atoms with Crippen molar-refractivity contribution in [2.24, 2.45) is 5.92 Å². The molecule has 0 aliphatic rings. The lowest BCUT2D eigenvalue weighted by atomic mass is 10.1. The average molecular weight is 275 g/mol. The second-order valence-electron chi connectivity index (χ2n) is 5.56. The van der Waals surface area contributed by atoms with Crippen LogP contribution in [0, 0.1) is 12.8 Å². The topological polar surface area (TPSA) is 39.1 Å². The number of fused-ring (bicyclic) bond motifs is 1. The zero-order valence-electron chi connectivity index (χ0n) is 12.9. The van der Waals surface area contributed by atoms with Crippen LogP contribution in [0.5, 0.6) is 0 Å². The lowest BCUT2D eigenvalue weighted by Gasteiger charge is -2.22. The van der Waals surface area contributed by atoms with Crippen molar-refractivity contribution in [3.05, 3.63) is 30.1 Å². The quantitative estimate of drug-likeness (QED) is 0.844. The van der Waals surface area contributed by atoms with Gasteiger partial charge in [-0.05, 0) is 25.0 Å². The maximum Gasteiger partial charge on any atom is 0.106 e. The highest BCUT2D eigenvalue weighted by Gasteiger charge is 2.12. The number of aromatic nitrogens is 2. The van der Waals surface area contributed by atoms with E-state index in [4.69, 9.17) is 4.74 Å². The van der Waals surface area contributed by atoms with Gasteiger partial charge in [-0.1, -0.05) is 26.0 Å². The standard InChI is InChI=1S/C16H25N3O/c1-12(2)15(11-20-4)17-9-10-19-13(3)18-14-7-5-6-8-16(14)19/h5-8,12,15,17H,9-11H2,1-4H3. The van der Waals surface area contributed by atoms with Crippen LogP contribution < -0.4 is 5.32 Å². The summed E-state index contributed by atoms with van der Waals surface area (Å²) in [5.41, 5.74) is 2.28. The molecule has 0 amide bonds. The van der Waals surface area contributed by atoms with Crippen LogP contribution in [-0.2, 0) is 11.3 Å². The van der Waals surface area contributed by atoms with E-state index >= 15 is 0 Å². The highest BCUT2D eigenvalue weighted by molar-refractivity contribution is 5.75. The fraction of sp³-hybridized carbons (Fsp3) is 0.562. The van der Waals surface area contributed by atoms with E-state index in [1.807, 2.05) is 6.07 Å². The van der Waals surface area contributed by atoms with Crippen LogP contribution in [0.3, 0.4) is 0 Å². The van der Waals surface area contributed by atoms with E-state index in [1.165, 1.54) is 5.52 Å². The van der Waals surface area contributed by atoms with Crippen LogP contribution in [0.15, 0.2) is 24.3 Å². The first kappa shape index (κ1) is 15.0. The third kappa shape index (κ3) is 3.38. The molecule has 4 heteroatoms. The summed E-state index contributed by atoms with van der Waals surface area (Å²) in [6.07, 6.45) is 0. The summed E-state index contributed by atoms with van der Waals surface area (Å²) in [7, 11) is 1.75. The summed E-state index contributed by atoms with van der Waals surface area (Å²) in [5.74, 6) is 1.64. The van der Waals surface area contributed by atoms with E-state index in [0.29, 0.717) is 12.0 Å². The number of methoxy groups -OCH3 is 1. The van der Waals surface area contributed by atoms with E-state index in [9.17, 15) is 0 Å². The van der Waals surface area contributed by atoms with Crippen molar-refractivity contribution in [2.75, 3.05) is 20.3 Å². The molecular weight excluding hydrogens is 250 g/mol. The summed E-state index contributed by atoms with van der Waals surface area (Å²) >= 11 is 0. The first-order chi connectivity index (χ1) is 9.63. The molecular formula is C16H25N3O. The minimum Gasteiger partial charge on any atom is -0.383 e. The number of nitrogens with zero attached hydrogens (tertiary/aromatic N) is 2. The fourth-order valence-electron chi connectivity index (χ4n) is 2.51. The number of benzene rings is 1. The maximum absolute atomic E-state index is 5.27. The molecule has 110 valence electrons. The van der Waals surface area contributed by atoms with Crippen molar-refractivity contribution in [3.8, 4) is 0 Å². The van der Waals surface area contributed by atoms with Crippen LogP contribution in [-0.4, -0.2) is 35.9 Å². The molecule has 0 bridgehead atoms. The Labute approximate surface area is 121 Å². The molecule has 0 saturated carbocycles. The third-order valence-electron chi connectivity index (χ3n) is 3.74. The number of hydrogen-bond donors (Lipinski definition) is 1. The Balaban J connectivity index is 2.00. The molecule has 2 rings (SSSR count). The van der Waals surface area contributed by atoms with Gasteiger partial charge in [0.1, 0.15) is 5.82 Å². The van der Waals surface area contributed by atoms with Gasteiger partial charge in [-0.25, -0.2) is 4.98 Å². The van der Waals surface area contributed by atoms with E-state index < -0.39 is 0 Å². The van der Waals surface area contributed by atoms with Crippen molar-refractivity contribution < 1.29 is 4.74 Å². The van der Waals surface area contributed by atoms with Gasteiger partial charge >= 0.3 is 0 Å². The largest absolute Gasteiger partial charge is 0.383 e. The first-order valence-electron chi connectivity index (χ1n) is 7.27. The predicted octanol–water partition coefficient (Wildman–Crippen LogP) is 2.61. The van der Waals surface area contributed by atoms with E-state index in [1.54, 1.807) is 7.11 Å². The minimum absolute atomic E-state index is 0.398. The summed E-state index contributed by atoms with van der Waals surface area (Å²) in [4.78, 5) is 4.59. The van der Waals surface area contributed by atoms with E-state index in [-0.39, 0.29) is 0 Å². The van der Waals surface area contributed by atoms with Crippen LogP contribution in [0.25, 0.3) is 11.0 Å². The second-order valence-corrected chi connectivity index (χ2v) is 5.56. The van der Waals surface area contributed by atoms with Gasteiger partial charge in [0.05, 0.1) is 17.6 Å².